The molecule has 8 aromatic rings. The number of amidine groups is 1. The Hall–Kier alpha value is -6.79. The maximum absolute atomic E-state index is 6.86. The zero-order valence-electron chi connectivity index (χ0n) is 31.1. The fourth-order valence-corrected chi connectivity index (χ4v) is 7.59. The summed E-state index contributed by atoms with van der Waals surface area (Å²) in [5, 5.41) is 15.7. The van der Waals surface area contributed by atoms with Crippen LogP contribution in [0.15, 0.2) is 199 Å². The Balaban J connectivity index is 0.894. The van der Waals surface area contributed by atoms with Crippen LogP contribution in [-0.2, 0) is 6.54 Å². The van der Waals surface area contributed by atoms with Gasteiger partial charge < -0.3 is 16.4 Å². The summed E-state index contributed by atoms with van der Waals surface area (Å²) < 4.78 is 0. The third-order valence-electron chi connectivity index (χ3n) is 10.6. The van der Waals surface area contributed by atoms with E-state index in [1.165, 1.54) is 43.8 Å². The molecular weight excluding hydrogens is 683 g/mol. The second-order valence-corrected chi connectivity index (χ2v) is 14.3. The third-order valence-corrected chi connectivity index (χ3v) is 10.6. The maximum atomic E-state index is 6.86. The molecule has 5 nitrogen and oxygen atoms in total. The Morgan fingerprint density at radius 1 is 0.607 bits per heavy atom. The van der Waals surface area contributed by atoms with Crippen LogP contribution in [-0.4, -0.2) is 12.5 Å². The van der Waals surface area contributed by atoms with Crippen molar-refractivity contribution >= 4 is 38.8 Å². The highest BCUT2D eigenvalue weighted by Gasteiger charge is 2.23. The highest BCUT2D eigenvalue weighted by atomic mass is 15.1. The molecule has 2 unspecified atom stereocenters. The van der Waals surface area contributed by atoms with Crippen LogP contribution >= 0.6 is 0 Å². The predicted octanol–water partition coefficient (Wildman–Crippen LogP) is 11.0. The molecule has 0 amide bonds. The summed E-state index contributed by atoms with van der Waals surface area (Å²) in [7, 11) is 0. The van der Waals surface area contributed by atoms with Crippen molar-refractivity contribution in [2.45, 2.75) is 18.6 Å². The average Bonchev–Trinajstić information content (AvgIpc) is 3.27. The van der Waals surface area contributed by atoms with Crippen molar-refractivity contribution in [3.63, 3.8) is 0 Å². The second-order valence-electron chi connectivity index (χ2n) is 14.3. The van der Waals surface area contributed by atoms with Crippen LogP contribution in [0.3, 0.4) is 0 Å². The number of rotatable bonds is 11. The SMILES string of the molecule is NC(/C=C(\NCNCc1cccc(-c2ccc(C3=NC(c4ccccc4)c4ccccc4N3)cc2)c1)c1ccc2ccccc2c1)c1ccc2ccccc2c1. The zero-order chi connectivity index (χ0) is 37.7. The van der Waals surface area contributed by atoms with Crippen molar-refractivity contribution in [1.82, 2.24) is 10.6 Å². The van der Waals surface area contributed by atoms with E-state index in [0.717, 1.165) is 39.5 Å². The molecule has 0 saturated carbocycles. The molecule has 1 aliphatic heterocycles. The Labute approximate surface area is 328 Å². The first-order valence-corrected chi connectivity index (χ1v) is 19.2. The quantitative estimate of drug-likeness (QED) is 0.0791. The number of benzene rings is 8. The van der Waals surface area contributed by atoms with Gasteiger partial charge in [-0.05, 0) is 85.3 Å². The molecule has 9 rings (SSSR count). The molecule has 5 heteroatoms. The molecule has 272 valence electrons. The first kappa shape index (κ1) is 34.9. The number of fused-ring (bicyclic) bond motifs is 3. The summed E-state index contributed by atoms with van der Waals surface area (Å²) in [5.74, 6) is 0.880. The lowest BCUT2D eigenvalue weighted by Crippen LogP contribution is -2.28. The Morgan fingerprint density at radius 3 is 2.09 bits per heavy atom. The summed E-state index contributed by atoms with van der Waals surface area (Å²) in [6.45, 7) is 1.28. The van der Waals surface area contributed by atoms with Crippen LogP contribution in [0.5, 0.6) is 0 Å². The van der Waals surface area contributed by atoms with Crippen LogP contribution in [0.1, 0.15) is 45.5 Å². The molecule has 0 fully saturated rings. The summed E-state index contributed by atoms with van der Waals surface area (Å²) in [4.78, 5) is 5.19. The van der Waals surface area contributed by atoms with Gasteiger partial charge in [0, 0.05) is 29.1 Å². The number of para-hydroxylation sites is 1. The van der Waals surface area contributed by atoms with Crippen molar-refractivity contribution in [2.24, 2.45) is 10.7 Å². The summed E-state index contributed by atoms with van der Waals surface area (Å²) >= 11 is 0. The zero-order valence-corrected chi connectivity index (χ0v) is 31.1. The number of hydrogen-bond acceptors (Lipinski definition) is 5. The lowest BCUT2D eigenvalue weighted by Gasteiger charge is -2.26. The number of hydrogen-bond donors (Lipinski definition) is 4. The smallest absolute Gasteiger partial charge is 0.133 e. The summed E-state index contributed by atoms with van der Waals surface area (Å²) in [5.41, 5.74) is 18.1. The van der Waals surface area contributed by atoms with Crippen LogP contribution < -0.4 is 21.7 Å². The highest BCUT2D eigenvalue weighted by Crippen LogP contribution is 2.36. The highest BCUT2D eigenvalue weighted by molar-refractivity contribution is 6.10. The van der Waals surface area contributed by atoms with Gasteiger partial charge in [0.25, 0.3) is 0 Å². The monoisotopic (exact) mass is 725 g/mol. The lowest BCUT2D eigenvalue weighted by atomic mass is 9.95. The van der Waals surface area contributed by atoms with E-state index >= 15 is 0 Å². The minimum atomic E-state index is -0.279. The van der Waals surface area contributed by atoms with Crippen LogP contribution in [0.25, 0.3) is 38.4 Å². The van der Waals surface area contributed by atoms with Gasteiger partial charge in [-0.1, -0.05) is 164 Å². The molecule has 0 aromatic heterocycles. The molecule has 8 aromatic carbocycles. The number of nitrogens with two attached hydrogens (primary N) is 1. The van der Waals surface area contributed by atoms with Crippen LogP contribution in [0.2, 0.25) is 0 Å². The van der Waals surface area contributed by atoms with Gasteiger partial charge in [0.2, 0.25) is 0 Å². The third kappa shape index (κ3) is 7.59. The van der Waals surface area contributed by atoms with Gasteiger partial charge in [-0.2, -0.15) is 0 Å². The number of anilines is 1. The first-order valence-electron chi connectivity index (χ1n) is 19.2. The van der Waals surface area contributed by atoms with E-state index in [4.69, 9.17) is 10.7 Å². The molecule has 0 radical (unpaired) electrons. The molecule has 2 atom stereocenters. The minimum absolute atomic E-state index is 0.0533. The minimum Gasteiger partial charge on any atom is -0.372 e. The summed E-state index contributed by atoms with van der Waals surface area (Å²) in [6, 6.07) is 65.9. The predicted molar refractivity (Wildman–Crippen MR) is 234 cm³/mol. The molecule has 0 bridgehead atoms. The Kier molecular flexibility index (Phi) is 9.92. The topological polar surface area (TPSA) is 74.5 Å². The van der Waals surface area contributed by atoms with Gasteiger partial charge >= 0.3 is 0 Å². The normalized spacial score (nSPS) is 14.5. The molecule has 0 saturated heterocycles. The molecule has 0 aliphatic carbocycles. The van der Waals surface area contributed by atoms with Crippen molar-refractivity contribution in [3.8, 4) is 11.1 Å². The van der Waals surface area contributed by atoms with Crippen molar-refractivity contribution in [2.75, 3.05) is 12.0 Å². The average molecular weight is 726 g/mol. The van der Waals surface area contributed by atoms with E-state index < -0.39 is 0 Å². The Morgan fingerprint density at radius 2 is 1.29 bits per heavy atom. The fourth-order valence-electron chi connectivity index (χ4n) is 7.59. The van der Waals surface area contributed by atoms with Crippen LogP contribution in [0.4, 0.5) is 5.69 Å². The fraction of sp³-hybridized carbons (Fsp3) is 0.0784. The largest absolute Gasteiger partial charge is 0.372 e. The van der Waals surface area contributed by atoms with Crippen LogP contribution in [0, 0.1) is 0 Å². The van der Waals surface area contributed by atoms with E-state index in [0.29, 0.717) is 13.2 Å². The maximum Gasteiger partial charge on any atom is 0.133 e. The molecule has 5 N–H and O–H groups in total. The molecular formula is C51H43N5. The molecule has 56 heavy (non-hydrogen) atoms. The van der Waals surface area contributed by atoms with Gasteiger partial charge in [-0.3, -0.25) is 10.3 Å². The summed E-state index contributed by atoms with van der Waals surface area (Å²) in [6.07, 6.45) is 2.13. The van der Waals surface area contributed by atoms with E-state index in [1.807, 2.05) is 6.07 Å². The van der Waals surface area contributed by atoms with E-state index in [-0.39, 0.29) is 12.1 Å². The lowest BCUT2D eigenvalue weighted by molar-refractivity contribution is 0.656. The van der Waals surface area contributed by atoms with Gasteiger partial charge in [0.1, 0.15) is 11.9 Å². The van der Waals surface area contributed by atoms with Gasteiger partial charge in [0.15, 0.2) is 0 Å². The van der Waals surface area contributed by atoms with E-state index in [9.17, 15) is 0 Å². The number of aliphatic imine (C=N–C) groups is 1. The van der Waals surface area contributed by atoms with Crippen molar-refractivity contribution < 1.29 is 0 Å². The first-order chi connectivity index (χ1) is 27.6. The van der Waals surface area contributed by atoms with Gasteiger partial charge in [-0.25, -0.2) is 0 Å². The Bertz CT molecular complexity index is 2700. The van der Waals surface area contributed by atoms with Gasteiger partial charge in [0.05, 0.1) is 12.7 Å². The molecule has 1 aliphatic rings. The van der Waals surface area contributed by atoms with E-state index in [1.54, 1.807) is 0 Å². The number of nitrogens with zero attached hydrogens (tertiary/aromatic N) is 1. The van der Waals surface area contributed by atoms with Gasteiger partial charge in [-0.15, -0.1) is 0 Å². The number of nitrogens with one attached hydrogen (secondary N) is 3. The van der Waals surface area contributed by atoms with Crippen molar-refractivity contribution in [3.05, 3.63) is 228 Å². The molecule has 1 heterocycles. The van der Waals surface area contributed by atoms with Crippen molar-refractivity contribution in [1.29, 1.82) is 0 Å². The molecule has 0 spiro atoms. The standard InChI is InChI=1S/C51H43N5/c52-47(44-27-23-36-12-4-6-16-42(36)30-44)32-49(45-28-24-37-13-5-7-17-43(37)31-45)54-34-53-33-35-11-10-18-41(29-35)38-21-25-40(26-22-38)51-55-48-20-9-8-19-46(48)50(56-51)39-14-2-1-3-15-39/h1-32,47,50,53-54H,33-34,52H2,(H,55,56)/b49-32-. The second kappa shape index (κ2) is 15.9. The van der Waals surface area contributed by atoms with E-state index in [2.05, 4.69) is 204 Å².